The van der Waals surface area contributed by atoms with E-state index in [1.807, 2.05) is 24.3 Å². The molecule has 3 rings (SSSR count). The van der Waals surface area contributed by atoms with Crippen molar-refractivity contribution in [2.45, 2.75) is 6.04 Å². The van der Waals surface area contributed by atoms with E-state index in [1.165, 1.54) is 10.8 Å². The zero-order chi connectivity index (χ0) is 14.1. The van der Waals surface area contributed by atoms with E-state index in [2.05, 4.69) is 68.3 Å². The fraction of sp³-hybridized carbons (Fsp3) is 0.0588. The van der Waals surface area contributed by atoms with Crippen molar-refractivity contribution in [1.29, 1.82) is 0 Å². The quantitative estimate of drug-likeness (QED) is 0.621. The van der Waals surface area contributed by atoms with Gasteiger partial charge in [0.2, 0.25) is 0 Å². The molecule has 0 radical (unpaired) electrons. The molecule has 3 heteroatoms. The van der Waals surface area contributed by atoms with Crippen LogP contribution in [-0.2, 0) is 0 Å². The third-order valence-electron chi connectivity index (χ3n) is 3.43. The molecule has 0 saturated carbocycles. The Balaban J connectivity index is 2.07. The summed E-state index contributed by atoms with van der Waals surface area (Å²) in [5, 5.41) is 2.45. The predicted molar refractivity (Wildman–Crippen MR) is 91.8 cm³/mol. The van der Waals surface area contributed by atoms with Crippen LogP contribution in [0.3, 0.4) is 0 Å². The fourth-order valence-electron chi connectivity index (χ4n) is 2.33. The first-order valence-corrected chi connectivity index (χ1v) is 7.93. The van der Waals surface area contributed by atoms with Gasteiger partial charge in [-0.2, -0.15) is 0 Å². The van der Waals surface area contributed by atoms with Crippen molar-refractivity contribution in [2.75, 3.05) is 0 Å². The molecule has 0 heterocycles. The Labute approximate surface area is 135 Å². The van der Waals surface area contributed by atoms with E-state index in [0.717, 1.165) is 20.1 Å². The van der Waals surface area contributed by atoms with Crippen molar-refractivity contribution < 1.29 is 0 Å². The fourth-order valence-corrected chi connectivity index (χ4v) is 3.21. The minimum absolute atomic E-state index is 0.147. The highest BCUT2D eigenvalue weighted by Gasteiger charge is 2.13. The van der Waals surface area contributed by atoms with E-state index in [-0.39, 0.29) is 6.04 Å². The van der Waals surface area contributed by atoms with Crippen LogP contribution < -0.4 is 5.73 Å². The summed E-state index contributed by atoms with van der Waals surface area (Å²) in [5.74, 6) is 0. The largest absolute Gasteiger partial charge is 0.320 e. The standard InChI is InChI=1S/C17H13Br2N/c18-14-7-8-16(19)15(10-14)17(20)13-6-5-11-3-1-2-4-12(11)9-13/h1-10,17H,20H2. The average Bonchev–Trinajstić information content (AvgIpc) is 2.48. The second-order valence-corrected chi connectivity index (χ2v) is 6.52. The van der Waals surface area contributed by atoms with Crippen LogP contribution in [0.2, 0.25) is 0 Å². The number of fused-ring (bicyclic) bond motifs is 1. The van der Waals surface area contributed by atoms with E-state index in [4.69, 9.17) is 5.73 Å². The Morgan fingerprint density at radius 3 is 2.35 bits per heavy atom. The number of nitrogens with two attached hydrogens (primary N) is 1. The topological polar surface area (TPSA) is 26.0 Å². The Bertz CT molecular complexity index is 768. The molecule has 0 aliphatic rings. The van der Waals surface area contributed by atoms with E-state index in [9.17, 15) is 0 Å². The number of hydrogen-bond acceptors (Lipinski definition) is 1. The van der Waals surface area contributed by atoms with Gasteiger partial charge in [0.05, 0.1) is 6.04 Å². The van der Waals surface area contributed by atoms with Gasteiger partial charge in [-0.3, -0.25) is 0 Å². The lowest BCUT2D eigenvalue weighted by molar-refractivity contribution is 0.867. The van der Waals surface area contributed by atoms with Crippen molar-refractivity contribution in [1.82, 2.24) is 0 Å². The third-order valence-corrected chi connectivity index (χ3v) is 4.64. The summed E-state index contributed by atoms with van der Waals surface area (Å²) < 4.78 is 2.06. The lowest BCUT2D eigenvalue weighted by Crippen LogP contribution is -2.12. The molecule has 1 nitrogen and oxygen atoms in total. The normalized spacial score (nSPS) is 12.6. The molecule has 0 bridgehead atoms. The maximum Gasteiger partial charge on any atom is 0.0563 e. The first-order valence-electron chi connectivity index (χ1n) is 6.34. The summed E-state index contributed by atoms with van der Waals surface area (Å²) in [7, 11) is 0. The molecule has 2 N–H and O–H groups in total. The molecular weight excluding hydrogens is 378 g/mol. The lowest BCUT2D eigenvalue weighted by Gasteiger charge is -2.15. The van der Waals surface area contributed by atoms with Crippen LogP contribution in [0.1, 0.15) is 17.2 Å². The Morgan fingerprint density at radius 1 is 0.800 bits per heavy atom. The summed E-state index contributed by atoms with van der Waals surface area (Å²) >= 11 is 7.08. The molecule has 0 aromatic heterocycles. The number of hydrogen-bond donors (Lipinski definition) is 1. The molecule has 0 amide bonds. The van der Waals surface area contributed by atoms with Crippen LogP contribution in [0.25, 0.3) is 10.8 Å². The van der Waals surface area contributed by atoms with Crippen LogP contribution in [-0.4, -0.2) is 0 Å². The van der Waals surface area contributed by atoms with Gasteiger partial charge in [-0.25, -0.2) is 0 Å². The minimum atomic E-state index is -0.147. The van der Waals surface area contributed by atoms with Crippen molar-refractivity contribution in [3.05, 3.63) is 80.7 Å². The van der Waals surface area contributed by atoms with E-state index in [1.54, 1.807) is 0 Å². The van der Waals surface area contributed by atoms with Crippen molar-refractivity contribution in [2.24, 2.45) is 5.73 Å². The van der Waals surface area contributed by atoms with Gasteiger partial charge in [0.15, 0.2) is 0 Å². The Morgan fingerprint density at radius 2 is 1.55 bits per heavy atom. The van der Waals surface area contributed by atoms with Crippen molar-refractivity contribution in [3.63, 3.8) is 0 Å². The van der Waals surface area contributed by atoms with Crippen LogP contribution in [0.5, 0.6) is 0 Å². The zero-order valence-corrected chi connectivity index (χ0v) is 13.9. The average molecular weight is 391 g/mol. The second-order valence-electron chi connectivity index (χ2n) is 4.75. The molecule has 0 saturated heterocycles. The van der Waals surface area contributed by atoms with Crippen LogP contribution in [0, 0.1) is 0 Å². The summed E-state index contributed by atoms with van der Waals surface area (Å²) in [6.45, 7) is 0. The van der Waals surface area contributed by atoms with Gasteiger partial charge in [-0.05, 0) is 46.2 Å². The van der Waals surface area contributed by atoms with Gasteiger partial charge in [-0.15, -0.1) is 0 Å². The minimum Gasteiger partial charge on any atom is -0.320 e. The highest BCUT2D eigenvalue weighted by atomic mass is 79.9. The molecule has 0 aliphatic heterocycles. The SMILES string of the molecule is NC(c1ccc2ccccc2c1)c1cc(Br)ccc1Br. The van der Waals surface area contributed by atoms with Gasteiger partial charge >= 0.3 is 0 Å². The third kappa shape index (κ3) is 2.66. The number of rotatable bonds is 2. The molecule has 20 heavy (non-hydrogen) atoms. The number of benzene rings is 3. The van der Waals surface area contributed by atoms with Gasteiger partial charge in [-0.1, -0.05) is 68.3 Å². The molecule has 0 aliphatic carbocycles. The first kappa shape index (κ1) is 13.8. The van der Waals surface area contributed by atoms with Crippen molar-refractivity contribution in [3.8, 4) is 0 Å². The predicted octanol–water partition coefficient (Wildman–Crippen LogP) is 5.41. The van der Waals surface area contributed by atoms with E-state index in [0.29, 0.717) is 0 Å². The summed E-state index contributed by atoms with van der Waals surface area (Å²) in [6, 6.07) is 20.6. The smallest absolute Gasteiger partial charge is 0.0563 e. The van der Waals surface area contributed by atoms with Gasteiger partial charge in [0, 0.05) is 8.95 Å². The number of halogens is 2. The molecule has 1 unspecified atom stereocenters. The molecular formula is C17H13Br2N. The molecule has 3 aromatic rings. The molecule has 3 aromatic carbocycles. The molecule has 100 valence electrons. The van der Waals surface area contributed by atoms with E-state index >= 15 is 0 Å². The summed E-state index contributed by atoms with van der Waals surface area (Å²) in [6.07, 6.45) is 0. The summed E-state index contributed by atoms with van der Waals surface area (Å²) in [5.41, 5.74) is 8.62. The lowest BCUT2D eigenvalue weighted by atomic mass is 9.97. The molecule has 0 fully saturated rings. The van der Waals surface area contributed by atoms with Crippen molar-refractivity contribution >= 4 is 42.6 Å². The Hall–Kier alpha value is -1.16. The first-order chi connectivity index (χ1) is 9.65. The van der Waals surface area contributed by atoms with Crippen LogP contribution in [0.4, 0.5) is 0 Å². The molecule has 1 atom stereocenters. The van der Waals surface area contributed by atoms with E-state index < -0.39 is 0 Å². The summed E-state index contributed by atoms with van der Waals surface area (Å²) in [4.78, 5) is 0. The molecule has 0 spiro atoms. The highest BCUT2D eigenvalue weighted by molar-refractivity contribution is 9.11. The monoisotopic (exact) mass is 389 g/mol. The maximum absolute atomic E-state index is 6.43. The van der Waals surface area contributed by atoms with Crippen LogP contribution in [0.15, 0.2) is 69.6 Å². The van der Waals surface area contributed by atoms with Gasteiger partial charge < -0.3 is 5.73 Å². The van der Waals surface area contributed by atoms with Gasteiger partial charge in [0.1, 0.15) is 0 Å². The van der Waals surface area contributed by atoms with Gasteiger partial charge in [0.25, 0.3) is 0 Å². The highest BCUT2D eigenvalue weighted by Crippen LogP contribution is 2.30. The zero-order valence-electron chi connectivity index (χ0n) is 10.7. The maximum atomic E-state index is 6.43. The Kier molecular flexibility index (Phi) is 3.92. The van der Waals surface area contributed by atoms with Crippen LogP contribution >= 0.6 is 31.9 Å². The second kappa shape index (κ2) is 5.68.